The van der Waals surface area contributed by atoms with Gasteiger partial charge in [-0.1, -0.05) is 71.0 Å². The molecule has 2 aromatic rings. The highest BCUT2D eigenvalue weighted by atomic mass is 35.5. The Balaban J connectivity index is 0.00000264. The molecule has 2 rings (SSSR count). The van der Waals surface area contributed by atoms with Crippen molar-refractivity contribution >= 4 is 18.1 Å². The van der Waals surface area contributed by atoms with Crippen LogP contribution in [0.3, 0.4) is 0 Å². The van der Waals surface area contributed by atoms with E-state index in [1.165, 1.54) is 28.8 Å². The summed E-state index contributed by atoms with van der Waals surface area (Å²) < 4.78 is 0. The van der Waals surface area contributed by atoms with E-state index in [1.807, 2.05) is 0 Å². The van der Waals surface area contributed by atoms with Crippen LogP contribution in [0.4, 0.5) is 5.69 Å². The lowest BCUT2D eigenvalue weighted by molar-refractivity contribution is 0.590. The van der Waals surface area contributed by atoms with Gasteiger partial charge in [0.25, 0.3) is 0 Å². The molecule has 2 aromatic carbocycles. The van der Waals surface area contributed by atoms with Crippen molar-refractivity contribution in [3.63, 3.8) is 0 Å². The molecule has 0 fully saturated rings. The second-order valence-corrected chi connectivity index (χ2v) is 7.23. The van der Waals surface area contributed by atoms with Crippen molar-refractivity contribution in [2.45, 2.75) is 58.9 Å². The average molecular weight is 332 g/mol. The van der Waals surface area contributed by atoms with E-state index in [-0.39, 0.29) is 17.8 Å². The molecule has 0 radical (unpaired) electrons. The zero-order valence-electron chi connectivity index (χ0n) is 15.0. The Kier molecular flexibility index (Phi) is 7.15. The van der Waals surface area contributed by atoms with Crippen LogP contribution in [0.5, 0.6) is 0 Å². The second kappa shape index (κ2) is 8.40. The first kappa shape index (κ1) is 19.6. The van der Waals surface area contributed by atoms with Crippen LogP contribution in [-0.4, -0.2) is 0 Å². The van der Waals surface area contributed by atoms with Crippen molar-refractivity contribution in [2.75, 3.05) is 5.32 Å². The second-order valence-electron chi connectivity index (χ2n) is 7.23. The lowest BCUT2D eigenvalue weighted by Crippen LogP contribution is -2.11. The van der Waals surface area contributed by atoms with Gasteiger partial charge >= 0.3 is 0 Å². The molecule has 1 unspecified atom stereocenters. The summed E-state index contributed by atoms with van der Waals surface area (Å²) >= 11 is 0. The molecule has 2 heteroatoms. The first-order chi connectivity index (χ1) is 10.4. The fourth-order valence-electron chi connectivity index (χ4n) is 2.49. The molecule has 0 heterocycles. The van der Waals surface area contributed by atoms with Crippen molar-refractivity contribution in [2.24, 2.45) is 0 Å². The van der Waals surface area contributed by atoms with Gasteiger partial charge in [-0.05, 0) is 46.6 Å². The first-order valence-corrected chi connectivity index (χ1v) is 8.33. The number of hydrogen-bond donors (Lipinski definition) is 1. The molecule has 23 heavy (non-hydrogen) atoms. The van der Waals surface area contributed by atoms with Crippen molar-refractivity contribution < 1.29 is 0 Å². The molecule has 0 aliphatic rings. The molecule has 0 amide bonds. The molecular weight excluding hydrogens is 302 g/mol. The Bertz CT molecular complexity index is 579. The molecule has 0 aromatic heterocycles. The van der Waals surface area contributed by atoms with Crippen LogP contribution >= 0.6 is 12.4 Å². The molecule has 1 N–H and O–H groups in total. The standard InChI is InChI=1S/C21H29N.ClH/c1-6-16(2)18-9-13-20(14-10-18)22-15-17-7-11-19(12-8-17)21(3,4)5;/h7-14,16,22H,6,15H2,1-5H3;1H. The summed E-state index contributed by atoms with van der Waals surface area (Å²) in [6.45, 7) is 12.1. The summed E-state index contributed by atoms with van der Waals surface area (Å²) in [7, 11) is 0. The molecule has 0 aliphatic carbocycles. The average Bonchev–Trinajstić information content (AvgIpc) is 2.52. The van der Waals surface area contributed by atoms with Gasteiger partial charge in [0.1, 0.15) is 0 Å². The Labute approximate surface area is 147 Å². The van der Waals surface area contributed by atoms with Crippen LogP contribution < -0.4 is 5.32 Å². The van der Waals surface area contributed by atoms with E-state index in [4.69, 9.17) is 0 Å². The fraction of sp³-hybridized carbons (Fsp3) is 0.429. The Morgan fingerprint density at radius 3 is 1.96 bits per heavy atom. The maximum absolute atomic E-state index is 3.50. The maximum Gasteiger partial charge on any atom is 0.0400 e. The molecule has 126 valence electrons. The fourth-order valence-corrected chi connectivity index (χ4v) is 2.49. The highest BCUT2D eigenvalue weighted by molar-refractivity contribution is 5.85. The molecule has 1 atom stereocenters. The Morgan fingerprint density at radius 2 is 1.48 bits per heavy atom. The van der Waals surface area contributed by atoms with E-state index in [2.05, 4.69) is 88.5 Å². The minimum Gasteiger partial charge on any atom is -0.381 e. The number of hydrogen-bond acceptors (Lipinski definition) is 1. The van der Waals surface area contributed by atoms with Crippen molar-refractivity contribution in [3.05, 3.63) is 65.2 Å². The third kappa shape index (κ3) is 5.58. The maximum atomic E-state index is 3.50. The third-order valence-corrected chi connectivity index (χ3v) is 4.41. The van der Waals surface area contributed by atoms with Crippen molar-refractivity contribution in [1.82, 2.24) is 0 Å². The van der Waals surface area contributed by atoms with E-state index in [1.54, 1.807) is 0 Å². The summed E-state index contributed by atoms with van der Waals surface area (Å²) in [5.74, 6) is 0.638. The lowest BCUT2D eigenvalue weighted by atomic mass is 9.87. The normalized spacial score (nSPS) is 12.4. The van der Waals surface area contributed by atoms with E-state index in [9.17, 15) is 0 Å². The van der Waals surface area contributed by atoms with Crippen LogP contribution in [0.2, 0.25) is 0 Å². The van der Waals surface area contributed by atoms with Gasteiger partial charge in [0.2, 0.25) is 0 Å². The van der Waals surface area contributed by atoms with E-state index >= 15 is 0 Å². The quantitative estimate of drug-likeness (QED) is 0.656. The van der Waals surface area contributed by atoms with Gasteiger partial charge in [-0.2, -0.15) is 0 Å². The Morgan fingerprint density at radius 1 is 0.913 bits per heavy atom. The van der Waals surface area contributed by atoms with Gasteiger partial charge < -0.3 is 5.32 Å². The zero-order valence-corrected chi connectivity index (χ0v) is 15.8. The van der Waals surface area contributed by atoms with Gasteiger partial charge in [0.15, 0.2) is 0 Å². The van der Waals surface area contributed by atoms with Crippen molar-refractivity contribution in [3.8, 4) is 0 Å². The van der Waals surface area contributed by atoms with Gasteiger partial charge in [-0.25, -0.2) is 0 Å². The van der Waals surface area contributed by atoms with Gasteiger partial charge in [0.05, 0.1) is 0 Å². The third-order valence-electron chi connectivity index (χ3n) is 4.41. The van der Waals surface area contributed by atoms with Crippen LogP contribution in [-0.2, 0) is 12.0 Å². The number of anilines is 1. The van der Waals surface area contributed by atoms with E-state index in [0.29, 0.717) is 5.92 Å². The monoisotopic (exact) mass is 331 g/mol. The van der Waals surface area contributed by atoms with Crippen molar-refractivity contribution in [1.29, 1.82) is 0 Å². The number of halogens is 1. The van der Waals surface area contributed by atoms with E-state index < -0.39 is 0 Å². The molecule has 1 nitrogen and oxygen atoms in total. The molecule has 0 saturated heterocycles. The number of rotatable bonds is 5. The van der Waals surface area contributed by atoms with Crippen LogP contribution in [0.25, 0.3) is 0 Å². The van der Waals surface area contributed by atoms with E-state index in [0.717, 1.165) is 6.54 Å². The van der Waals surface area contributed by atoms with Crippen LogP contribution in [0.1, 0.15) is 63.6 Å². The highest BCUT2D eigenvalue weighted by Crippen LogP contribution is 2.23. The number of nitrogens with one attached hydrogen (secondary N) is 1. The summed E-state index contributed by atoms with van der Waals surface area (Å²) in [6.07, 6.45) is 1.19. The van der Waals surface area contributed by atoms with Crippen LogP contribution in [0, 0.1) is 0 Å². The largest absolute Gasteiger partial charge is 0.381 e. The minimum atomic E-state index is 0. The SMILES string of the molecule is CCC(C)c1ccc(NCc2ccc(C(C)(C)C)cc2)cc1.Cl. The predicted molar refractivity (Wildman–Crippen MR) is 105 cm³/mol. The smallest absolute Gasteiger partial charge is 0.0400 e. The minimum absolute atomic E-state index is 0. The van der Waals surface area contributed by atoms with Gasteiger partial charge in [0, 0.05) is 12.2 Å². The highest BCUT2D eigenvalue weighted by Gasteiger charge is 2.12. The molecule has 0 saturated carbocycles. The summed E-state index contributed by atoms with van der Waals surface area (Å²) in [6, 6.07) is 17.8. The number of benzene rings is 2. The summed E-state index contributed by atoms with van der Waals surface area (Å²) in [5.41, 5.74) is 5.53. The molecular formula is C21H30ClN. The topological polar surface area (TPSA) is 12.0 Å². The Hall–Kier alpha value is -1.47. The van der Waals surface area contributed by atoms with Gasteiger partial charge in [-0.15, -0.1) is 12.4 Å². The lowest BCUT2D eigenvalue weighted by Gasteiger charge is -2.19. The first-order valence-electron chi connectivity index (χ1n) is 8.33. The molecule has 0 aliphatic heterocycles. The summed E-state index contributed by atoms with van der Waals surface area (Å²) in [4.78, 5) is 0. The van der Waals surface area contributed by atoms with Gasteiger partial charge in [-0.3, -0.25) is 0 Å². The zero-order chi connectivity index (χ0) is 16.2. The molecule has 0 spiro atoms. The van der Waals surface area contributed by atoms with Crippen LogP contribution in [0.15, 0.2) is 48.5 Å². The predicted octanol–water partition coefficient (Wildman–Crippen LogP) is 6.53. The molecule has 0 bridgehead atoms. The summed E-state index contributed by atoms with van der Waals surface area (Å²) in [5, 5.41) is 3.50.